The summed E-state index contributed by atoms with van der Waals surface area (Å²) in [5, 5.41) is 4.08. The Morgan fingerprint density at radius 2 is 1.70 bits per heavy atom. The van der Waals surface area contributed by atoms with Crippen molar-refractivity contribution in [1.29, 1.82) is 0 Å². The molecule has 0 heterocycles. The van der Waals surface area contributed by atoms with Gasteiger partial charge in [0.25, 0.3) is 0 Å². The second-order valence-corrected chi connectivity index (χ2v) is 7.54. The molecule has 5 heteroatoms. The van der Waals surface area contributed by atoms with Gasteiger partial charge in [0.05, 0.1) is 6.04 Å². The number of rotatable bonds is 3. The maximum absolute atomic E-state index is 6.36. The molecule has 0 aromatic heterocycles. The SMILES string of the molecule is CNC(c1cc(Br)ccc1Cl)c1cc(Br)c(C)cc1Br. The summed E-state index contributed by atoms with van der Waals surface area (Å²) < 4.78 is 3.16. The van der Waals surface area contributed by atoms with Crippen LogP contribution in [0.15, 0.2) is 43.7 Å². The minimum Gasteiger partial charge on any atom is -0.309 e. The van der Waals surface area contributed by atoms with Gasteiger partial charge in [-0.25, -0.2) is 0 Å². The van der Waals surface area contributed by atoms with E-state index in [1.165, 1.54) is 5.56 Å². The summed E-state index contributed by atoms with van der Waals surface area (Å²) in [5.74, 6) is 0. The predicted octanol–water partition coefficient (Wildman–Crippen LogP) is 6.24. The van der Waals surface area contributed by atoms with E-state index in [0.717, 1.165) is 29.6 Å². The van der Waals surface area contributed by atoms with Gasteiger partial charge < -0.3 is 5.32 Å². The van der Waals surface area contributed by atoms with Gasteiger partial charge >= 0.3 is 0 Å². The average Bonchev–Trinajstić information content (AvgIpc) is 2.40. The van der Waals surface area contributed by atoms with Crippen molar-refractivity contribution in [2.45, 2.75) is 13.0 Å². The highest BCUT2D eigenvalue weighted by Gasteiger charge is 2.19. The molecule has 20 heavy (non-hydrogen) atoms. The van der Waals surface area contributed by atoms with Crippen molar-refractivity contribution in [2.24, 2.45) is 0 Å². The molecule has 0 saturated carbocycles. The Balaban J connectivity index is 2.58. The number of hydrogen-bond acceptors (Lipinski definition) is 1. The average molecular weight is 482 g/mol. The molecule has 0 saturated heterocycles. The summed E-state index contributed by atoms with van der Waals surface area (Å²) in [7, 11) is 1.93. The Kier molecular flexibility index (Phi) is 5.71. The first-order valence-corrected chi connectivity index (χ1v) is 8.77. The first-order chi connectivity index (χ1) is 9.43. The van der Waals surface area contributed by atoms with Crippen molar-refractivity contribution in [1.82, 2.24) is 5.32 Å². The Morgan fingerprint density at radius 3 is 2.35 bits per heavy atom. The maximum Gasteiger partial charge on any atom is 0.0600 e. The summed E-state index contributed by atoms with van der Waals surface area (Å²) in [6.07, 6.45) is 0. The van der Waals surface area contributed by atoms with E-state index in [2.05, 4.69) is 72.2 Å². The van der Waals surface area contributed by atoms with Gasteiger partial charge in [0.2, 0.25) is 0 Å². The minimum atomic E-state index is 0.0197. The van der Waals surface area contributed by atoms with Gasteiger partial charge in [-0.1, -0.05) is 59.4 Å². The first-order valence-electron chi connectivity index (χ1n) is 6.01. The molecule has 1 unspecified atom stereocenters. The minimum absolute atomic E-state index is 0.0197. The van der Waals surface area contributed by atoms with E-state index in [0.29, 0.717) is 0 Å². The van der Waals surface area contributed by atoms with E-state index in [4.69, 9.17) is 11.6 Å². The van der Waals surface area contributed by atoms with Crippen molar-refractivity contribution in [3.8, 4) is 0 Å². The van der Waals surface area contributed by atoms with Crippen molar-refractivity contribution < 1.29 is 0 Å². The Hall–Kier alpha value is 0.130. The maximum atomic E-state index is 6.36. The number of hydrogen-bond donors (Lipinski definition) is 1. The van der Waals surface area contributed by atoms with Gasteiger partial charge in [0.15, 0.2) is 0 Å². The molecule has 1 nitrogen and oxygen atoms in total. The van der Waals surface area contributed by atoms with Crippen LogP contribution in [0.5, 0.6) is 0 Å². The van der Waals surface area contributed by atoms with Crippen molar-refractivity contribution in [2.75, 3.05) is 7.05 Å². The fourth-order valence-corrected chi connectivity index (χ4v) is 3.75. The smallest absolute Gasteiger partial charge is 0.0600 e. The molecule has 2 aromatic carbocycles. The molecule has 2 rings (SSSR count). The van der Waals surface area contributed by atoms with E-state index in [-0.39, 0.29) is 6.04 Å². The van der Waals surface area contributed by atoms with Crippen LogP contribution in [0.25, 0.3) is 0 Å². The predicted molar refractivity (Wildman–Crippen MR) is 96.6 cm³/mol. The lowest BCUT2D eigenvalue weighted by molar-refractivity contribution is 0.688. The van der Waals surface area contributed by atoms with Crippen LogP contribution in [0.1, 0.15) is 22.7 Å². The summed E-state index contributed by atoms with van der Waals surface area (Å²) in [4.78, 5) is 0. The van der Waals surface area contributed by atoms with Gasteiger partial charge in [0, 0.05) is 18.4 Å². The summed E-state index contributed by atoms with van der Waals surface area (Å²) in [6, 6.07) is 10.1. The molecule has 1 N–H and O–H groups in total. The zero-order chi connectivity index (χ0) is 14.9. The third-order valence-electron chi connectivity index (χ3n) is 3.15. The van der Waals surface area contributed by atoms with Crippen LogP contribution in [0.4, 0.5) is 0 Å². The van der Waals surface area contributed by atoms with Crippen LogP contribution in [0.2, 0.25) is 5.02 Å². The second kappa shape index (κ2) is 6.93. The van der Waals surface area contributed by atoms with Crippen LogP contribution >= 0.6 is 59.4 Å². The molecule has 1 atom stereocenters. The Morgan fingerprint density at radius 1 is 1.00 bits per heavy atom. The third kappa shape index (κ3) is 3.47. The Bertz CT molecular complexity index is 643. The van der Waals surface area contributed by atoms with E-state index in [1.54, 1.807) is 0 Å². The zero-order valence-electron chi connectivity index (χ0n) is 11.0. The van der Waals surface area contributed by atoms with E-state index in [9.17, 15) is 0 Å². The number of aryl methyl sites for hydroxylation is 1. The highest BCUT2D eigenvalue weighted by Crippen LogP contribution is 2.36. The highest BCUT2D eigenvalue weighted by molar-refractivity contribution is 9.11. The van der Waals surface area contributed by atoms with Crippen LogP contribution in [-0.4, -0.2) is 7.05 Å². The first kappa shape index (κ1) is 16.5. The highest BCUT2D eigenvalue weighted by atomic mass is 79.9. The van der Waals surface area contributed by atoms with Crippen molar-refractivity contribution in [3.63, 3.8) is 0 Å². The fourth-order valence-electron chi connectivity index (χ4n) is 2.10. The van der Waals surface area contributed by atoms with Crippen molar-refractivity contribution in [3.05, 3.63) is 65.5 Å². The summed E-state index contributed by atoms with van der Waals surface area (Å²) in [5.41, 5.74) is 3.38. The topological polar surface area (TPSA) is 12.0 Å². The molecule has 0 amide bonds. The molecule has 0 aliphatic carbocycles. The molecule has 106 valence electrons. The molecule has 0 bridgehead atoms. The van der Waals surface area contributed by atoms with Gasteiger partial charge in [-0.2, -0.15) is 0 Å². The lowest BCUT2D eigenvalue weighted by Crippen LogP contribution is -2.18. The third-order valence-corrected chi connectivity index (χ3v) is 5.53. The number of benzene rings is 2. The molecular formula is C15H13Br3ClN. The largest absolute Gasteiger partial charge is 0.309 e. The van der Waals surface area contributed by atoms with Crippen LogP contribution in [0, 0.1) is 6.92 Å². The summed E-state index contributed by atoms with van der Waals surface area (Å²) in [6.45, 7) is 2.07. The van der Waals surface area contributed by atoms with Crippen LogP contribution < -0.4 is 5.32 Å². The number of nitrogens with one attached hydrogen (secondary N) is 1. The van der Waals surface area contributed by atoms with E-state index >= 15 is 0 Å². The zero-order valence-corrected chi connectivity index (χ0v) is 16.5. The molecule has 0 aliphatic rings. The lowest BCUT2D eigenvalue weighted by atomic mass is 9.98. The van der Waals surface area contributed by atoms with Gasteiger partial charge in [-0.05, 0) is 61.0 Å². The van der Waals surface area contributed by atoms with Gasteiger partial charge in [-0.3, -0.25) is 0 Å². The number of halogens is 4. The molecular weight excluding hydrogens is 469 g/mol. The quantitative estimate of drug-likeness (QED) is 0.546. The molecule has 2 aromatic rings. The standard InChI is InChI=1S/C15H13Br3ClN/c1-8-5-13(18)10(7-12(8)17)15(20-2)11-6-9(16)3-4-14(11)19/h3-7,15,20H,1-2H3. The van der Waals surface area contributed by atoms with Gasteiger partial charge in [0.1, 0.15) is 0 Å². The molecule has 0 spiro atoms. The second-order valence-electron chi connectivity index (χ2n) is 4.51. The Labute approximate surface area is 149 Å². The lowest BCUT2D eigenvalue weighted by Gasteiger charge is -2.21. The molecule has 0 aliphatic heterocycles. The molecule has 0 fully saturated rings. The van der Waals surface area contributed by atoms with Crippen LogP contribution in [-0.2, 0) is 0 Å². The van der Waals surface area contributed by atoms with E-state index < -0.39 is 0 Å². The van der Waals surface area contributed by atoms with Gasteiger partial charge in [-0.15, -0.1) is 0 Å². The monoisotopic (exact) mass is 479 g/mol. The van der Waals surface area contributed by atoms with Crippen molar-refractivity contribution >= 4 is 59.4 Å². The fraction of sp³-hybridized carbons (Fsp3) is 0.200. The summed E-state index contributed by atoms with van der Waals surface area (Å²) >= 11 is 17.1. The molecule has 0 radical (unpaired) electrons. The van der Waals surface area contributed by atoms with Crippen LogP contribution in [0.3, 0.4) is 0 Å². The van der Waals surface area contributed by atoms with E-state index in [1.807, 2.05) is 25.2 Å². The normalized spacial score (nSPS) is 12.5.